The quantitative estimate of drug-likeness (QED) is 0.622. The predicted molar refractivity (Wildman–Crippen MR) is 53.2 cm³/mol. The second-order valence-corrected chi connectivity index (χ2v) is 3.58. The Balaban J connectivity index is 2.09. The predicted octanol–water partition coefficient (Wildman–Crippen LogP) is 0.950. The summed E-state index contributed by atoms with van der Waals surface area (Å²) in [5.74, 6) is -0.277. The van der Waals surface area contributed by atoms with E-state index in [0.29, 0.717) is 0 Å². The average Bonchev–Trinajstić information content (AvgIpc) is 2.56. The van der Waals surface area contributed by atoms with Crippen LogP contribution in [0.1, 0.15) is 32.6 Å². The summed E-state index contributed by atoms with van der Waals surface area (Å²) in [5, 5.41) is 3.09. The Morgan fingerprint density at radius 3 is 3.08 bits per heavy atom. The van der Waals surface area contributed by atoms with Crippen molar-refractivity contribution in [2.75, 3.05) is 6.54 Å². The molecule has 0 radical (unpaired) electrons. The van der Waals surface area contributed by atoms with Gasteiger partial charge in [-0.15, -0.1) is 0 Å². The largest absolute Gasteiger partial charge is 0.368 e. The number of primary amides is 1. The van der Waals surface area contributed by atoms with E-state index >= 15 is 0 Å². The minimum atomic E-state index is -0.277. The summed E-state index contributed by atoms with van der Waals surface area (Å²) >= 11 is 0. The molecule has 13 heavy (non-hydrogen) atoms. The fraction of sp³-hybridized carbons (Fsp3) is 0.700. The lowest BCUT2D eigenvalue weighted by Gasteiger charge is -2.09. The van der Waals surface area contributed by atoms with Crippen LogP contribution in [-0.2, 0) is 4.79 Å². The van der Waals surface area contributed by atoms with Crippen molar-refractivity contribution < 1.29 is 4.79 Å². The van der Waals surface area contributed by atoms with Crippen molar-refractivity contribution in [3.05, 3.63) is 11.6 Å². The first-order valence-corrected chi connectivity index (χ1v) is 4.91. The van der Waals surface area contributed by atoms with E-state index in [4.69, 9.17) is 5.73 Å². The first-order chi connectivity index (χ1) is 6.20. The summed E-state index contributed by atoms with van der Waals surface area (Å²) in [4.78, 5) is 10.7. The zero-order valence-corrected chi connectivity index (χ0v) is 8.18. The Morgan fingerprint density at radius 1 is 1.77 bits per heavy atom. The zero-order valence-electron chi connectivity index (χ0n) is 8.18. The van der Waals surface area contributed by atoms with Crippen molar-refractivity contribution >= 4 is 5.91 Å². The number of nitrogens with two attached hydrogens (primary N) is 1. The molecule has 3 nitrogen and oxygen atoms in total. The van der Waals surface area contributed by atoms with Gasteiger partial charge in [-0.05, 0) is 39.2 Å². The van der Waals surface area contributed by atoms with Crippen molar-refractivity contribution in [1.82, 2.24) is 5.32 Å². The standard InChI is InChI=1S/C10H18N2O/c1-8(10(11)13)12-7-6-9-4-2-3-5-9/h4,8,12H,2-3,5-7H2,1H3,(H2,11,13). The molecular formula is C10H18N2O. The second kappa shape index (κ2) is 5.02. The first kappa shape index (κ1) is 10.3. The SMILES string of the molecule is CC(NCCC1=CCCC1)C(N)=O. The molecule has 0 fully saturated rings. The first-order valence-electron chi connectivity index (χ1n) is 4.91. The van der Waals surface area contributed by atoms with Gasteiger partial charge in [0.15, 0.2) is 0 Å². The van der Waals surface area contributed by atoms with E-state index in [0.717, 1.165) is 13.0 Å². The minimum Gasteiger partial charge on any atom is -0.368 e. The molecule has 1 amide bonds. The van der Waals surface area contributed by atoms with E-state index in [1.54, 1.807) is 6.92 Å². The van der Waals surface area contributed by atoms with Crippen LogP contribution in [0, 0.1) is 0 Å². The van der Waals surface area contributed by atoms with E-state index in [2.05, 4.69) is 11.4 Å². The second-order valence-electron chi connectivity index (χ2n) is 3.58. The lowest BCUT2D eigenvalue weighted by Crippen LogP contribution is -2.39. The Labute approximate surface area is 79.4 Å². The fourth-order valence-corrected chi connectivity index (χ4v) is 1.51. The molecule has 0 heterocycles. The van der Waals surface area contributed by atoms with E-state index in [1.165, 1.54) is 24.8 Å². The Hall–Kier alpha value is -0.830. The van der Waals surface area contributed by atoms with Gasteiger partial charge in [0, 0.05) is 0 Å². The molecule has 0 aromatic carbocycles. The van der Waals surface area contributed by atoms with Gasteiger partial charge in [-0.3, -0.25) is 4.79 Å². The van der Waals surface area contributed by atoms with Crippen LogP contribution in [-0.4, -0.2) is 18.5 Å². The molecule has 1 rings (SSSR count). The van der Waals surface area contributed by atoms with Gasteiger partial charge in [0.25, 0.3) is 0 Å². The van der Waals surface area contributed by atoms with Crippen molar-refractivity contribution in [2.24, 2.45) is 5.73 Å². The van der Waals surface area contributed by atoms with Gasteiger partial charge < -0.3 is 11.1 Å². The third kappa shape index (κ3) is 3.59. The van der Waals surface area contributed by atoms with E-state index in [-0.39, 0.29) is 11.9 Å². The summed E-state index contributed by atoms with van der Waals surface area (Å²) in [6.07, 6.45) is 7.10. The molecular weight excluding hydrogens is 164 g/mol. The molecule has 0 aromatic rings. The molecule has 0 aliphatic heterocycles. The topological polar surface area (TPSA) is 55.1 Å². The highest BCUT2D eigenvalue weighted by Crippen LogP contribution is 2.19. The van der Waals surface area contributed by atoms with Gasteiger partial charge in [0.1, 0.15) is 0 Å². The molecule has 1 aliphatic carbocycles. The van der Waals surface area contributed by atoms with Gasteiger partial charge in [0.2, 0.25) is 5.91 Å². The van der Waals surface area contributed by atoms with Crippen LogP contribution < -0.4 is 11.1 Å². The number of nitrogens with one attached hydrogen (secondary N) is 1. The van der Waals surface area contributed by atoms with Crippen LogP contribution in [0.3, 0.4) is 0 Å². The number of allylic oxidation sites excluding steroid dienone is 1. The Kier molecular flexibility index (Phi) is 3.96. The van der Waals surface area contributed by atoms with Crippen molar-refractivity contribution in [2.45, 2.75) is 38.6 Å². The fourth-order valence-electron chi connectivity index (χ4n) is 1.51. The van der Waals surface area contributed by atoms with E-state index in [1.807, 2.05) is 0 Å². The molecule has 1 unspecified atom stereocenters. The third-order valence-electron chi connectivity index (χ3n) is 2.46. The summed E-state index contributed by atoms with van der Waals surface area (Å²) in [7, 11) is 0. The van der Waals surface area contributed by atoms with Crippen LogP contribution in [0.5, 0.6) is 0 Å². The molecule has 1 atom stereocenters. The average molecular weight is 182 g/mol. The monoisotopic (exact) mass is 182 g/mol. The molecule has 74 valence electrons. The summed E-state index contributed by atoms with van der Waals surface area (Å²) < 4.78 is 0. The Morgan fingerprint density at radius 2 is 2.54 bits per heavy atom. The molecule has 0 aromatic heterocycles. The van der Waals surface area contributed by atoms with Crippen LogP contribution in [0.4, 0.5) is 0 Å². The molecule has 0 saturated heterocycles. The molecule has 0 saturated carbocycles. The molecule has 0 bridgehead atoms. The van der Waals surface area contributed by atoms with Gasteiger partial charge >= 0.3 is 0 Å². The van der Waals surface area contributed by atoms with Crippen LogP contribution in [0.25, 0.3) is 0 Å². The number of rotatable bonds is 5. The van der Waals surface area contributed by atoms with Crippen molar-refractivity contribution in [3.63, 3.8) is 0 Å². The summed E-state index contributed by atoms with van der Waals surface area (Å²) in [5.41, 5.74) is 6.63. The third-order valence-corrected chi connectivity index (χ3v) is 2.46. The normalized spacial score (nSPS) is 18.4. The Bertz CT molecular complexity index is 211. The zero-order chi connectivity index (χ0) is 9.68. The number of hydrogen-bond donors (Lipinski definition) is 2. The van der Waals surface area contributed by atoms with Gasteiger partial charge in [0.05, 0.1) is 6.04 Å². The molecule has 3 heteroatoms. The van der Waals surface area contributed by atoms with Crippen molar-refractivity contribution in [3.8, 4) is 0 Å². The van der Waals surface area contributed by atoms with Crippen LogP contribution in [0.15, 0.2) is 11.6 Å². The van der Waals surface area contributed by atoms with Gasteiger partial charge in [-0.1, -0.05) is 11.6 Å². The number of hydrogen-bond acceptors (Lipinski definition) is 2. The lowest BCUT2D eigenvalue weighted by atomic mass is 10.1. The molecule has 3 N–H and O–H groups in total. The summed E-state index contributed by atoms with van der Waals surface area (Å²) in [6, 6.07) is -0.206. The van der Waals surface area contributed by atoms with E-state index in [9.17, 15) is 4.79 Å². The lowest BCUT2D eigenvalue weighted by molar-refractivity contribution is -0.119. The maximum Gasteiger partial charge on any atom is 0.234 e. The molecule has 0 spiro atoms. The molecule has 1 aliphatic rings. The van der Waals surface area contributed by atoms with Crippen LogP contribution >= 0.6 is 0 Å². The van der Waals surface area contributed by atoms with Gasteiger partial charge in [-0.2, -0.15) is 0 Å². The number of carbonyl (C=O) groups is 1. The van der Waals surface area contributed by atoms with Gasteiger partial charge in [-0.25, -0.2) is 0 Å². The van der Waals surface area contributed by atoms with Crippen LogP contribution in [0.2, 0.25) is 0 Å². The maximum absolute atomic E-state index is 10.7. The number of amides is 1. The smallest absolute Gasteiger partial charge is 0.234 e. The highest BCUT2D eigenvalue weighted by molar-refractivity contribution is 5.79. The summed E-state index contributed by atoms with van der Waals surface area (Å²) in [6.45, 7) is 2.65. The van der Waals surface area contributed by atoms with E-state index < -0.39 is 0 Å². The highest BCUT2D eigenvalue weighted by atomic mass is 16.1. The highest BCUT2D eigenvalue weighted by Gasteiger charge is 2.08. The van der Waals surface area contributed by atoms with Crippen molar-refractivity contribution in [1.29, 1.82) is 0 Å². The minimum absolute atomic E-state index is 0.206. The maximum atomic E-state index is 10.7. The number of carbonyl (C=O) groups excluding carboxylic acids is 1.